The van der Waals surface area contributed by atoms with E-state index in [0.717, 1.165) is 26.2 Å². The number of likely N-dealkylation sites (N-methyl/N-ethyl adjacent to an activating group) is 1. The van der Waals surface area contributed by atoms with Gasteiger partial charge in [-0.25, -0.2) is 0 Å². The first-order valence-corrected chi connectivity index (χ1v) is 4.83. The van der Waals surface area contributed by atoms with Gasteiger partial charge >= 0.3 is 0 Å². The third-order valence-corrected chi connectivity index (χ3v) is 2.01. The van der Waals surface area contributed by atoms with E-state index >= 15 is 0 Å². The van der Waals surface area contributed by atoms with Crippen LogP contribution in [-0.2, 0) is 0 Å². The molecule has 0 aromatic carbocycles. The van der Waals surface area contributed by atoms with Crippen molar-refractivity contribution in [3.05, 3.63) is 0 Å². The fourth-order valence-electron chi connectivity index (χ4n) is 1.21. The molecule has 74 valence electrons. The van der Waals surface area contributed by atoms with Crippen LogP contribution in [0, 0.1) is 0 Å². The molecule has 0 fully saturated rings. The van der Waals surface area contributed by atoms with Crippen LogP contribution in [0.15, 0.2) is 0 Å². The van der Waals surface area contributed by atoms with Crippen molar-refractivity contribution in [3.63, 3.8) is 0 Å². The summed E-state index contributed by atoms with van der Waals surface area (Å²) >= 11 is 0. The molecule has 3 heteroatoms. The molecule has 0 atom stereocenters. The average molecular weight is 174 g/mol. The van der Waals surface area contributed by atoms with Crippen molar-refractivity contribution in [3.8, 4) is 0 Å². The molecule has 0 saturated carbocycles. The largest absolute Gasteiger partial charge is 0.395 e. The van der Waals surface area contributed by atoms with Gasteiger partial charge in [0, 0.05) is 6.54 Å². The predicted molar refractivity (Wildman–Crippen MR) is 52.4 cm³/mol. The average Bonchev–Trinajstić information content (AvgIpc) is 2.10. The van der Waals surface area contributed by atoms with E-state index in [1.165, 1.54) is 12.8 Å². The Morgan fingerprint density at radius 1 is 1.25 bits per heavy atom. The Balaban J connectivity index is 3.19. The Kier molecular flexibility index (Phi) is 8.88. The van der Waals surface area contributed by atoms with Crippen LogP contribution in [0.25, 0.3) is 0 Å². The molecule has 0 heterocycles. The molecule has 0 rings (SSSR count). The number of nitrogens with zero attached hydrogens (tertiary/aromatic N) is 1. The molecule has 0 aliphatic rings. The fourth-order valence-corrected chi connectivity index (χ4v) is 1.21. The zero-order valence-electron chi connectivity index (χ0n) is 8.34. The molecule has 0 aliphatic heterocycles. The maximum absolute atomic E-state index is 8.72. The van der Waals surface area contributed by atoms with E-state index in [1.54, 1.807) is 0 Å². The molecule has 2 N–H and O–H groups in total. The highest BCUT2D eigenvalue weighted by Gasteiger charge is 1.99. The van der Waals surface area contributed by atoms with Crippen molar-refractivity contribution in [1.82, 2.24) is 10.2 Å². The Bertz CT molecular complexity index is 88.6. The number of rotatable bonds is 8. The van der Waals surface area contributed by atoms with Gasteiger partial charge in [0.25, 0.3) is 0 Å². The van der Waals surface area contributed by atoms with Crippen LogP contribution in [0.2, 0.25) is 0 Å². The van der Waals surface area contributed by atoms with Crippen LogP contribution in [0.5, 0.6) is 0 Å². The molecule has 0 aliphatic carbocycles. The minimum absolute atomic E-state index is 0.278. The van der Waals surface area contributed by atoms with Gasteiger partial charge in [-0.2, -0.15) is 0 Å². The molecular weight excluding hydrogens is 152 g/mol. The first kappa shape index (κ1) is 11.9. The third kappa shape index (κ3) is 6.58. The van der Waals surface area contributed by atoms with E-state index in [-0.39, 0.29) is 6.61 Å². The third-order valence-electron chi connectivity index (χ3n) is 2.01. The normalized spacial score (nSPS) is 11.0. The summed E-state index contributed by atoms with van der Waals surface area (Å²) in [6.07, 6.45) is 2.44. The SMILES string of the molecule is CCN(CCO)CCCCNC. The van der Waals surface area contributed by atoms with Gasteiger partial charge in [-0.05, 0) is 39.5 Å². The van der Waals surface area contributed by atoms with Gasteiger partial charge in [0.1, 0.15) is 0 Å². The zero-order chi connectivity index (χ0) is 9.23. The van der Waals surface area contributed by atoms with Gasteiger partial charge in [0.15, 0.2) is 0 Å². The number of aliphatic hydroxyl groups excluding tert-OH is 1. The summed E-state index contributed by atoms with van der Waals surface area (Å²) in [6.45, 7) is 6.47. The van der Waals surface area contributed by atoms with E-state index in [2.05, 4.69) is 17.1 Å². The van der Waals surface area contributed by atoms with Crippen LogP contribution in [0.3, 0.4) is 0 Å². The smallest absolute Gasteiger partial charge is 0.0558 e. The lowest BCUT2D eigenvalue weighted by atomic mass is 10.3. The molecule has 12 heavy (non-hydrogen) atoms. The highest BCUT2D eigenvalue weighted by atomic mass is 16.3. The first-order chi connectivity index (χ1) is 5.85. The second-order valence-electron chi connectivity index (χ2n) is 2.97. The molecule has 0 aromatic heterocycles. The van der Waals surface area contributed by atoms with Gasteiger partial charge in [0.05, 0.1) is 6.61 Å². The van der Waals surface area contributed by atoms with Crippen molar-refractivity contribution in [1.29, 1.82) is 0 Å². The Morgan fingerprint density at radius 3 is 2.50 bits per heavy atom. The highest BCUT2D eigenvalue weighted by molar-refractivity contribution is 4.54. The summed E-state index contributed by atoms with van der Waals surface area (Å²) in [6, 6.07) is 0. The van der Waals surface area contributed by atoms with Crippen LogP contribution in [-0.4, -0.2) is 49.8 Å². The van der Waals surface area contributed by atoms with Crippen LogP contribution in [0.1, 0.15) is 19.8 Å². The minimum Gasteiger partial charge on any atom is -0.395 e. The number of aliphatic hydroxyl groups is 1. The standard InChI is InChI=1S/C9H22N2O/c1-3-11(8-9-12)7-5-4-6-10-2/h10,12H,3-9H2,1-2H3. The summed E-state index contributed by atoms with van der Waals surface area (Å²) in [5.74, 6) is 0. The van der Waals surface area contributed by atoms with E-state index < -0.39 is 0 Å². The first-order valence-electron chi connectivity index (χ1n) is 4.83. The molecular formula is C9H22N2O. The van der Waals surface area contributed by atoms with E-state index in [9.17, 15) is 0 Å². The van der Waals surface area contributed by atoms with E-state index in [0.29, 0.717) is 0 Å². The highest BCUT2D eigenvalue weighted by Crippen LogP contribution is 1.93. The summed E-state index contributed by atoms with van der Waals surface area (Å²) in [5, 5.41) is 11.8. The summed E-state index contributed by atoms with van der Waals surface area (Å²) in [4.78, 5) is 2.27. The molecule has 0 unspecified atom stereocenters. The lowest BCUT2D eigenvalue weighted by Gasteiger charge is -2.18. The van der Waals surface area contributed by atoms with Crippen LogP contribution >= 0.6 is 0 Å². The van der Waals surface area contributed by atoms with Crippen molar-refractivity contribution in [2.24, 2.45) is 0 Å². The predicted octanol–water partition coefficient (Wildman–Crippen LogP) is 0.300. The van der Waals surface area contributed by atoms with Gasteiger partial charge < -0.3 is 15.3 Å². The van der Waals surface area contributed by atoms with Crippen LogP contribution in [0.4, 0.5) is 0 Å². The lowest BCUT2D eigenvalue weighted by Crippen LogP contribution is -2.28. The van der Waals surface area contributed by atoms with Crippen LogP contribution < -0.4 is 5.32 Å². The molecule has 0 aromatic rings. The summed E-state index contributed by atoms with van der Waals surface area (Å²) in [5.41, 5.74) is 0. The quantitative estimate of drug-likeness (QED) is 0.520. The maximum Gasteiger partial charge on any atom is 0.0558 e. The number of unbranched alkanes of at least 4 members (excludes halogenated alkanes) is 1. The topological polar surface area (TPSA) is 35.5 Å². The monoisotopic (exact) mass is 174 g/mol. The second kappa shape index (κ2) is 8.97. The van der Waals surface area contributed by atoms with Crippen molar-refractivity contribution < 1.29 is 5.11 Å². The fraction of sp³-hybridized carbons (Fsp3) is 1.00. The van der Waals surface area contributed by atoms with E-state index in [4.69, 9.17) is 5.11 Å². The number of hydrogen-bond donors (Lipinski definition) is 2. The molecule has 0 radical (unpaired) electrons. The van der Waals surface area contributed by atoms with Gasteiger partial charge in [-0.3, -0.25) is 0 Å². The van der Waals surface area contributed by atoms with Crippen molar-refractivity contribution >= 4 is 0 Å². The Hall–Kier alpha value is -0.120. The molecule has 3 nitrogen and oxygen atoms in total. The zero-order valence-corrected chi connectivity index (χ0v) is 8.34. The van der Waals surface area contributed by atoms with Crippen molar-refractivity contribution in [2.75, 3.05) is 39.8 Å². The Labute approximate surface area is 75.8 Å². The molecule has 0 amide bonds. The molecule has 0 saturated heterocycles. The number of hydrogen-bond acceptors (Lipinski definition) is 3. The van der Waals surface area contributed by atoms with Crippen molar-refractivity contribution in [2.45, 2.75) is 19.8 Å². The maximum atomic E-state index is 8.72. The van der Waals surface area contributed by atoms with Gasteiger partial charge in [0.2, 0.25) is 0 Å². The van der Waals surface area contributed by atoms with E-state index in [1.807, 2.05) is 7.05 Å². The van der Waals surface area contributed by atoms with Gasteiger partial charge in [-0.1, -0.05) is 6.92 Å². The molecule has 0 spiro atoms. The minimum atomic E-state index is 0.278. The lowest BCUT2D eigenvalue weighted by molar-refractivity contribution is 0.200. The molecule has 0 bridgehead atoms. The second-order valence-corrected chi connectivity index (χ2v) is 2.97. The summed E-state index contributed by atoms with van der Waals surface area (Å²) < 4.78 is 0. The Morgan fingerprint density at radius 2 is 2.00 bits per heavy atom. The van der Waals surface area contributed by atoms with Gasteiger partial charge in [-0.15, -0.1) is 0 Å². The summed E-state index contributed by atoms with van der Waals surface area (Å²) in [7, 11) is 1.98. The number of nitrogens with one attached hydrogen (secondary N) is 1.